The van der Waals surface area contributed by atoms with Crippen LogP contribution in [0.2, 0.25) is 0 Å². The second-order valence-electron chi connectivity index (χ2n) is 5.41. The molecule has 0 N–H and O–H groups in total. The second kappa shape index (κ2) is 6.60. The van der Waals surface area contributed by atoms with Gasteiger partial charge in [-0.1, -0.05) is 25.0 Å². The molecule has 1 aliphatic rings. The van der Waals surface area contributed by atoms with Crippen LogP contribution in [0.4, 0.5) is 0 Å². The van der Waals surface area contributed by atoms with Crippen molar-refractivity contribution in [1.82, 2.24) is 4.90 Å². The molecule has 0 unspecified atom stereocenters. The van der Waals surface area contributed by atoms with Crippen LogP contribution in [-0.4, -0.2) is 31.0 Å². The van der Waals surface area contributed by atoms with Crippen LogP contribution >= 0.6 is 0 Å². The van der Waals surface area contributed by atoms with Crippen LogP contribution in [0.1, 0.15) is 31.2 Å². The van der Waals surface area contributed by atoms with E-state index in [2.05, 4.69) is 0 Å². The SMILES string of the molecule is Cc1cccc(OCCN(C)C(=O)C2CCCC2)c1. The van der Waals surface area contributed by atoms with E-state index in [1.54, 1.807) is 0 Å². The standard InChI is InChI=1S/C16H23NO2/c1-13-6-5-9-15(12-13)19-11-10-17(2)16(18)14-7-3-4-8-14/h5-6,9,12,14H,3-4,7-8,10-11H2,1-2H3. The van der Waals surface area contributed by atoms with Crippen molar-refractivity contribution in [3.05, 3.63) is 29.8 Å². The van der Waals surface area contributed by atoms with Crippen LogP contribution in [-0.2, 0) is 4.79 Å². The largest absolute Gasteiger partial charge is 0.492 e. The zero-order valence-corrected chi connectivity index (χ0v) is 11.9. The molecule has 1 amide bonds. The minimum Gasteiger partial charge on any atom is -0.492 e. The molecule has 0 aromatic heterocycles. The summed E-state index contributed by atoms with van der Waals surface area (Å²) in [5.74, 6) is 1.41. The van der Waals surface area contributed by atoms with Gasteiger partial charge in [0.2, 0.25) is 5.91 Å². The van der Waals surface area contributed by atoms with Gasteiger partial charge >= 0.3 is 0 Å². The highest BCUT2D eigenvalue weighted by atomic mass is 16.5. The molecule has 1 aromatic rings. The number of hydrogen-bond acceptors (Lipinski definition) is 2. The number of benzene rings is 1. The van der Waals surface area contributed by atoms with Crippen molar-refractivity contribution in [2.45, 2.75) is 32.6 Å². The molecule has 0 heterocycles. The van der Waals surface area contributed by atoms with Gasteiger partial charge in [-0.15, -0.1) is 0 Å². The monoisotopic (exact) mass is 261 g/mol. The van der Waals surface area contributed by atoms with Gasteiger partial charge in [-0.05, 0) is 37.5 Å². The zero-order valence-electron chi connectivity index (χ0n) is 11.9. The molecule has 0 radical (unpaired) electrons. The molecule has 3 nitrogen and oxygen atoms in total. The summed E-state index contributed by atoms with van der Waals surface area (Å²) in [6.45, 7) is 3.25. The third-order valence-corrected chi connectivity index (χ3v) is 3.77. The molecule has 104 valence electrons. The molecule has 0 spiro atoms. The van der Waals surface area contributed by atoms with Crippen molar-refractivity contribution in [3.63, 3.8) is 0 Å². The van der Waals surface area contributed by atoms with Crippen molar-refractivity contribution in [2.75, 3.05) is 20.2 Å². The Kier molecular flexibility index (Phi) is 4.83. The first-order chi connectivity index (χ1) is 9.16. The first-order valence-corrected chi connectivity index (χ1v) is 7.11. The van der Waals surface area contributed by atoms with Crippen molar-refractivity contribution in [3.8, 4) is 5.75 Å². The van der Waals surface area contributed by atoms with E-state index in [4.69, 9.17) is 4.74 Å². The Balaban J connectivity index is 1.74. The molecule has 1 aliphatic carbocycles. The number of aryl methyl sites for hydroxylation is 1. The minimum atomic E-state index is 0.254. The Morgan fingerprint density at radius 2 is 2.11 bits per heavy atom. The fourth-order valence-corrected chi connectivity index (χ4v) is 2.60. The Labute approximate surface area is 115 Å². The number of hydrogen-bond donors (Lipinski definition) is 0. The Bertz CT molecular complexity index is 425. The molecular weight excluding hydrogens is 238 g/mol. The van der Waals surface area contributed by atoms with Gasteiger partial charge in [-0.25, -0.2) is 0 Å². The lowest BCUT2D eigenvalue weighted by Gasteiger charge is -2.21. The number of ether oxygens (including phenoxy) is 1. The van der Waals surface area contributed by atoms with E-state index >= 15 is 0 Å². The maximum absolute atomic E-state index is 12.1. The van der Waals surface area contributed by atoms with Gasteiger partial charge in [0.05, 0.1) is 6.54 Å². The summed E-state index contributed by atoms with van der Waals surface area (Å²) in [5, 5.41) is 0. The van der Waals surface area contributed by atoms with Crippen molar-refractivity contribution < 1.29 is 9.53 Å². The number of carbonyl (C=O) groups excluding carboxylic acids is 1. The molecule has 2 rings (SSSR count). The van der Waals surface area contributed by atoms with Crippen LogP contribution < -0.4 is 4.74 Å². The van der Waals surface area contributed by atoms with Crippen LogP contribution in [0.5, 0.6) is 5.75 Å². The second-order valence-corrected chi connectivity index (χ2v) is 5.41. The van der Waals surface area contributed by atoms with Gasteiger partial charge in [0.1, 0.15) is 12.4 Å². The first kappa shape index (κ1) is 13.9. The van der Waals surface area contributed by atoms with E-state index in [0.29, 0.717) is 13.2 Å². The maximum atomic E-state index is 12.1. The molecule has 0 atom stereocenters. The van der Waals surface area contributed by atoms with Crippen LogP contribution in [0.25, 0.3) is 0 Å². The predicted molar refractivity (Wildman–Crippen MR) is 76.3 cm³/mol. The quantitative estimate of drug-likeness (QED) is 0.815. The lowest BCUT2D eigenvalue weighted by molar-refractivity contribution is -0.134. The summed E-state index contributed by atoms with van der Waals surface area (Å²) in [7, 11) is 1.88. The van der Waals surface area contributed by atoms with E-state index in [0.717, 1.165) is 18.6 Å². The predicted octanol–water partition coefficient (Wildman–Crippen LogP) is 3.02. The fraction of sp³-hybridized carbons (Fsp3) is 0.562. The van der Waals surface area contributed by atoms with E-state index in [1.165, 1.54) is 18.4 Å². The van der Waals surface area contributed by atoms with Gasteiger partial charge in [0.25, 0.3) is 0 Å². The number of amides is 1. The lowest BCUT2D eigenvalue weighted by atomic mass is 10.1. The van der Waals surface area contributed by atoms with Gasteiger partial charge < -0.3 is 9.64 Å². The van der Waals surface area contributed by atoms with Crippen LogP contribution in [0.15, 0.2) is 24.3 Å². The molecule has 0 saturated heterocycles. The highest BCUT2D eigenvalue weighted by Gasteiger charge is 2.25. The maximum Gasteiger partial charge on any atom is 0.225 e. The summed E-state index contributed by atoms with van der Waals surface area (Å²) < 4.78 is 5.68. The molecule has 19 heavy (non-hydrogen) atoms. The summed E-state index contributed by atoms with van der Waals surface area (Å²) in [6.07, 6.45) is 4.51. The Morgan fingerprint density at radius 3 is 2.79 bits per heavy atom. The third kappa shape index (κ3) is 3.98. The zero-order chi connectivity index (χ0) is 13.7. The van der Waals surface area contributed by atoms with Gasteiger partial charge in [0, 0.05) is 13.0 Å². The van der Waals surface area contributed by atoms with Crippen molar-refractivity contribution in [1.29, 1.82) is 0 Å². The number of likely N-dealkylation sites (N-methyl/N-ethyl adjacent to an activating group) is 1. The van der Waals surface area contributed by atoms with Crippen LogP contribution in [0.3, 0.4) is 0 Å². The number of nitrogens with zero attached hydrogens (tertiary/aromatic N) is 1. The third-order valence-electron chi connectivity index (χ3n) is 3.77. The van der Waals surface area contributed by atoms with E-state index in [9.17, 15) is 4.79 Å². The average Bonchev–Trinajstić information content (AvgIpc) is 2.91. The molecule has 1 fully saturated rings. The molecule has 0 bridgehead atoms. The molecular formula is C16H23NO2. The van der Waals surface area contributed by atoms with Gasteiger partial charge in [-0.3, -0.25) is 4.79 Å². The first-order valence-electron chi connectivity index (χ1n) is 7.11. The average molecular weight is 261 g/mol. The van der Waals surface area contributed by atoms with Crippen molar-refractivity contribution >= 4 is 5.91 Å². The summed E-state index contributed by atoms with van der Waals surface area (Å²) in [6, 6.07) is 7.99. The smallest absolute Gasteiger partial charge is 0.225 e. The molecule has 0 aliphatic heterocycles. The topological polar surface area (TPSA) is 29.5 Å². The molecule has 1 saturated carbocycles. The summed E-state index contributed by atoms with van der Waals surface area (Å²) in [5.41, 5.74) is 1.19. The van der Waals surface area contributed by atoms with Crippen molar-refractivity contribution in [2.24, 2.45) is 5.92 Å². The van der Waals surface area contributed by atoms with Gasteiger partial charge in [-0.2, -0.15) is 0 Å². The highest BCUT2D eigenvalue weighted by Crippen LogP contribution is 2.26. The number of carbonyl (C=O) groups is 1. The number of rotatable bonds is 5. The minimum absolute atomic E-state index is 0.254. The molecule has 1 aromatic carbocycles. The Morgan fingerprint density at radius 1 is 1.37 bits per heavy atom. The normalized spacial score (nSPS) is 15.5. The lowest BCUT2D eigenvalue weighted by Crippen LogP contribution is -2.34. The highest BCUT2D eigenvalue weighted by molar-refractivity contribution is 5.78. The Hall–Kier alpha value is -1.51. The summed E-state index contributed by atoms with van der Waals surface area (Å²) >= 11 is 0. The fourth-order valence-electron chi connectivity index (χ4n) is 2.60. The van der Waals surface area contributed by atoms with E-state index in [1.807, 2.05) is 43.1 Å². The van der Waals surface area contributed by atoms with E-state index < -0.39 is 0 Å². The van der Waals surface area contributed by atoms with E-state index in [-0.39, 0.29) is 11.8 Å². The summed E-state index contributed by atoms with van der Waals surface area (Å²) in [4.78, 5) is 13.9. The van der Waals surface area contributed by atoms with Crippen LogP contribution in [0, 0.1) is 12.8 Å². The van der Waals surface area contributed by atoms with Gasteiger partial charge in [0.15, 0.2) is 0 Å². The molecule has 3 heteroatoms.